The first-order valence-electron chi connectivity index (χ1n) is 31.5. The van der Waals surface area contributed by atoms with Gasteiger partial charge in [0.1, 0.15) is 0 Å². The lowest BCUT2D eigenvalue weighted by Gasteiger charge is -2.21. The quantitative estimate of drug-likeness (QED) is 0.0613. The first-order valence-corrected chi connectivity index (χ1v) is 31.5. The van der Waals surface area contributed by atoms with E-state index in [-0.39, 0.29) is 0 Å². The average Bonchev–Trinajstić information content (AvgIpc) is 0.772. The molecule has 0 aliphatic rings. The molecule has 92 heavy (non-hydrogen) atoms. The molecule has 0 unspecified atom stereocenters. The Morgan fingerprint density at radius 3 is 0.641 bits per heavy atom. The van der Waals surface area contributed by atoms with Crippen molar-refractivity contribution in [3.63, 3.8) is 0 Å². The standard InChI is InChI=1S/C90H64.C2H2/c1-61(63-21-9-3-10-22-63)33-34-62(2)79-55-85-86(56-80(79)74-45-35-69(36-46-74)64-23-11-4-12-24-64)88-58-82(76-49-39-71(40-50-76)66-27-15-6-16-28-66)84(78-53-43-73(44-54-78)68-31-19-8-20-32-68)60-90(88)89-59-83(77-51-41-72(42-52-77)67-29-17-7-18-30-67)81(57-87(85)89)75-47-37-70(38-48-75)65-25-13-5-14-26-65;1-2/h3-60H,1-2H3;1-2H/b61-33+,62-34+;. The summed E-state index contributed by atoms with van der Waals surface area (Å²) in [4.78, 5) is 0. The van der Waals surface area contributed by atoms with Gasteiger partial charge in [-0.2, -0.15) is 0 Å². The van der Waals surface area contributed by atoms with Crippen LogP contribution in [0.25, 0.3) is 155 Å². The van der Waals surface area contributed by atoms with Crippen LogP contribution in [0.2, 0.25) is 0 Å². The summed E-state index contributed by atoms with van der Waals surface area (Å²) in [5, 5.41) is 7.20. The normalized spacial score (nSPS) is 11.6. The molecule has 0 N–H and O–H groups in total. The summed E-state index contributed by atoms with van der Waals surface area (Å²) >= 11 is 0. The zero-order valence-electron chi connectivity index (χ0n) is 51.6. The van der Waals surface area contributed by atoms with E-state index in [1.807, 2.05) is 0 Å². The van der Waals surface area contributed by atoms with Crippen LogP contribution in [-0.2, 0) is 0 Å². The van der Waals surface area contributed by atoms with E-state index < -0.39 is 0 Å². The van der Waals surface area contributed by atoms with E-state index in [0.717, 1.165) is 27.8 Å². The summed E-state index contributed by atoms with van der Waals surface area (Å²) in [6, 6.07) is 125. The highest BCUT2D eigenvalue weighted by Gasteiger charge is 2.22. The van der Waals surface area contributed by atoms with Crippen LogP contribution in [0.15, 0.2) is 352 Å². The zero-order valence-corrected chi connectivity index (χ0v) is 51.6. The second kappa shape index (κ2) is 26.1. The summed E-state index contributed by atoms with van der Waals surface area (Å²) in [6.45, 7) is 4.49. The van der Waals surface area contributed by atoms with Gasteiger partial charge in [-0.05, 0) is 216 Å². The van der Waals surface area contributed by atoms with Crippen molar-refractivity contribution in [2.75, 3.05) is 0 Å². The smallest absolute Gasteiger partial charge is 0.00921 e. The van der Waals surface area contributed by atoms with Gasteiger partial charge >= 0.3 is 0 Å². The molecule has 434 valence electrons. The molecular formula is C92H66. The Morgan fingerprint density at radius 1 is 0.196 bits per heavy atom. The van der Waals surface area contributed by atoms with Crippen molar-refractivity contribution in [1.82, 2.24) is 0 Å². The van der Waals surface area contributed by atoms with Crippen molar-refractivity contribution < 1.29 is 0 Å². The monoisotopic (exact) mass is 1170 g/mol. The molecule has 0 spiro atoms. The summed E-state index contributed by atoms with van der Waals surface area (Å²) in [6.07, 6.45) is 12.6. The Morgan fingerprint density at radius 2 is 0.380 bits per heavy atom. The Hall–Kier alpha value is -11.9. The van der Waals surface area contributed by atoms with E-state index in [0.29, 0.717) is 0 Å². The zero-order chi connectivity index (χ0) is 62.3. The Bertz CT molecular complexity index is 5040. The first-order chi connectivity index (χ1) is 45.4. The maximum atomic E-state index is 4.00. The number of allylic oxidation sites excluding steroid dienone is 4. The molecule has 15 aromatic rings. The molecule has 0 saturated heterocycles. The number of hydrogen-bond donors (Lipinski definition) is 0. The SMILES string of the molecule is C#C.C/C(=C\C=C(/C)c1cc2c(cc1-c1ccc(-c3ccccc3)cc1)c1cc(-c3ccc(-c4ccccc4)cc3)c(-c3ccc(-c4ccccc4)cc3)cc1c1cc(-c3ccc(-c4ccccc4)cc3)c(-c3ccc(-c4ccccc4)cc3)cc21)c1ccccc1. The third kappa shape index (κ3) is 11.7. The molecule has 0 atom stereocenters. The molecule has 0 radical (unpaired) electrons. The minimum atomic E-state index is 1.16. The Labute approximate surface area is 541 Å². The third-order valence-electron chi connectivity index (χ3n) is 18.1. The van der Waals surface area contributed by atoms with Crippen molar-refractivity contribution in [3.05, 3.63) is 363 Å². The summed E-state index contributed by atoms with van der Waals surface area (Å²) < 4.78 is 0. The van der Waals surface area contributed by atoms with Crippen molar-refractivity contribution in [3.8, 4) is 124 Å². The predicted octanol–water partition coefficient (Wildman–Crippen LogP) is 25.6. The van der Waals surface area contributed by atoms with E-state index in [4.69, 9.17) is 0 Å². The van der Waals surface area contributed by atoms with Crippen LogP contribution < -0.4 is 0 Å². The fourth-order valence-electron chi connectivity index (χ4n) is 13.2. The number of terminal acetylenes is 1. The van der Waals surface area contributed by atoms with Crippen LogP contribution in [0.1, 0.15) is 25.0 Å². The number of hydrogen-bond acceptors (Lipinski definition) is 0. The van der Waals surface area contributed by atoms with Crippen LogP contribution in [-0.4, -0.2) is 0 Å². The second-order valence-electron chi connectivity index (χ2n) is 23.6. The van der Waals surface area contributed by atoms with Gasteiger partial charge in [-0.25, -0.2) is 0 Å². The van der Waals surface area contributed by atoms with Gasteiger partial charge in [0, 0.05) is 0 Å². The van der Waals surface area contributed by atoms with E-state index in [9.17, 15) is 0 Å². The average molecular weight is 1170 g/mol. The fraction of sp³-hybridized carbons (Fsp3) is 0.0217. The molecule has 0 aromatic heterocycles. The fourth-order valence-corrected chi connectivity index (χ4v) is 13.2. The highest BCUT2D eigenvalue weighted by molar-refractivity contribution is 6.29. The summed E-state index contributed by atoms with van der Waals surface area (Å²) in [7, 11) is 0. The molecule has 0 heterocycles. The van der Waals surface area contributed by atoms with Gasteiger partial charge in [0.15, 0.2) is 0 Å². The second-order valence-corrected chi connectivity index (χ2v) is 23.6. The van der Waals surface area contributed by atoms with Crippen LogP contribution in [0.5, 0.6) is 0 Å². The van der Waals surface area contributed by atoms with Gasteiger partial charge in [-0.15, -0.1) is 12.8 Å². The maximum Gasteiger partial charge on any atom is -0.00921 e. The van der Waals surface area contributed by atoms with Crippen molar-refractivity contribution in [2.45, 2.75) is 13.8 Å². The van der Waals surface area contributed by atoms with Gasteiger partial charge < -0.3 is 0 Å². The van der Waals surface area contributed by atoms with E-state index >= 15 is 0 Å². The molecule has 15 rings (SSSR count). The largest absolute Gasteiger partial charge is 0.124 e. The van der Waals surface area contributed by atoms with Crippen LogP contribution in [0.3, 0.4) is 0 Å². The van der Waals surface area contributed by atoms with Crippen molar-refractivity contribution in [1.29, 1.82) is 0 Å². The minimum absolute atomic E-state index is 1.16. The van der Waals surface area contributed by atoms with Crippen molar-refractivity contribution >= 4 is 43.5 Å². The third-order valence-corrected chi connectivity index (χ3v) is 18.1. The lowest BCUT2D eigenvalue weighted by Crippen LogP contribution is -1.95. The highest BCUT2D eigenvalue weighted by atomic mass is 14.3. The van der Waals surface area contributed by atoms with E-state index in [1.54, 1.807) is 0 Å². The van der Waals surface area contributed by atoms with E-state index in [1.165, 1.54) is 138 Å². The molecular weight excluding hydrogens is 1110 g/mol. The molecule has 0 nitrogen and oxygen atoms in total. The van der Waals surface area contributed by atoms with Crippen LogP contribution in [0.4, 0.5) is 0 Å². The molecule has 0 aliphatic heterocycles. The first kappa shape index (κ1) is 57.8. The molecule has 0 fully saturated rings. The molecule has 0 aliphatic carbocycles. The summed E-state index contributed by atoms with van der Waals surface area (Å²) in [5.74, 6) is 0. The van der Waals surface area contributed by atoms with Gasteiger partial charge in [-0.3, -0.25) is 0 Å². The lowest BCUT2D eigenvalue weighted by molar-refractivity contribution is 1.54. The number of rotatable bonds is 13. The molecule has 0 bridgehead atoms. The van der Waals surface area contributed by atoms with E-state index in [2.05, 4.69) is 379 Å². The predicted molar refractivity (Wildman–Crippen MR) is 397 cm³/mol. The topological polar surface area (TPSA) is 0 Å². The molecule has 0 heteroatoms. The molecule has 0 saturated carbocycles. The van der Waals surface area contributed by atoms with Gasteiger partial charge in [0.2, 0.25) is 0 Å². The number of benzene rings is 15. The molecule has 0 amide bonds. The van der Waals surface area contributed by atoms with Crippen LogP contribution >= 0.6 is 0 Å². The summed E-state index contributed by atoms with van der Waals surface area (Å²) in [5.41, 5.74) is 28.4. The number of fused-ring (bicyclic) bond motifs is 6. The van der Waals surface area contributed by atoms with Gasteiger partial charge in [0.05, 0.1) is 0 Å². The van der Waals surface area contributed by atoms with Crippen LogP contribution in [0, 0.1) is 12.8 Å². The lowest BCUT2D eigenvalue weighted by atomic mass is 9.82. The Kier molecular flexibility index (Phi) is 16.4. The van der Waals surface area contributed by atoms with Crippen molar-refractivity contribution in [2.24, 2.45) is 0 Å². The minimum Gasteiger partial charge on any atom is -0.124 e. The maximum absolute atomic E-state index is 4.00. The Balaban J connectivity index is 0.00000364. The molecule has 15 aromatic carbocycles. The van der Waals surface area contributed by atoms with Gasteiger partial charge in [0.25, 0.3) is 0 Å². The van der Waals surface area contributed by atoms with Gasteiger partial charge in [-0.1, -0.05) is 315 Å². The highest BCUT2D eigenvalue weighted by Crippen LogP contribution is 2.48.